The predicted octanol–water partition coefficient (Wildman–Crippen LogP) is 1.80. The second-order valence-corrected chi connectivity index (χ2v) is 2.24. The summed E-state index contributed by atoms with van der Waals surface area (Å²) >= 11 is 0. The number of hydrogen-bond donors (Lipinski definition) is 1. The fourth-order valence-corrected chi connectivity index (χ4v) is 0.979. The number of phenolic OH excluding ortho intramolecular Hbond substituents is 1. The van der Waals surface area contributed by atoms with Crippen LogP contribution in [0.15, 0.2) is 18.2 Å². The molecule has 0 aliphatic rings. The van der Waals surface area contributed by atoms with Crippen molar-refractivity contribution in [2.24, 2.45) is 0 Å². The number of aromatic hydroxyl groups is 1. The monoisotopic (exact) mass is 168 g/mol. The van der Waals surface area contributed by atoms with Crippen LogP contribution in [-0.2, 0) is 0 Å². The minimum atomic E-state index is 0.100. The van der Waals surface area contributed by atoms with Gasteiger partial charge in [-0.3, -0.25) is 0 Å². The Balaban J connectivity index is 3.00. The van der Waals surface area contributed by atoms with Crippen molar-refractivity contribution in [2.45, 2.75) is 6.92 Å². The largest absolute Gasteiger partial charge is 0.504 e. The van der Waals surface area contributed by atoms with E-state index < -0.39 is 0 Å². The molecule has 0 aliphatic heterocycles. The van der Waals surface area contributed by atoms with Gasteiger partial charge in [0.15, 0.2) is 11.5 Å². The number of phenols is 1. The van der Waals surface area contributed by atoms with Gasteiger partial charge in [-0.15, -0.1) is 0 Å². The van der Waals surface area contributed by atoms with E-state index >= 15 is 0 Å². The Morgan fingerprint density at radius 2 is 2.17 bits per heavy atom. The first kappa shape index (κ1) is 8.71. The van der Waals surface area contributed by atoms with E-state index in [1.54, 1.807) is 18.2 Å². The van der Waals surface area contributed by atoms with Gasteiger partial charge in [-0.05, 0) is 19.1 Å². The van der Waals surface area contributed by atoms with E-state index in [0.717, 1.165) is 0 Å². The fourth-order valence-electron chi connectivity index (χ4n) is 0.979. The van der Waals surface area contributed by atoms with Crippen LogP contribution in [0.3, 0.4) is 0 Å². The van der Waals surface area contributed by atoms with E-state index in [1.165, 1.54) is 7.11 Å². The van der Waals surface area contributed by atoms with Gasteiger partial charge in [0, 0.05) is 0 Å². The SMILES string of the molecule is CCOc1cccc(O)c1OC. The van der Waals surface area contributed by atoms with Crippen molar-refractivity contribution >= 4 is 0 Å². The van der Waals surface area contributed by atoms with E-state index in [2.05, 4.69) is 0 Å². The molecule has 1 aromatic carbocycles. The quantitative estimate of drug-likeness (QED) is 0.747. The zero-order valence-corrected chi connectivity index (χ0v) is 7.20. The Morgan fingerprint density at radius 1 is 1.42 bits per heavy atom. The van der Waals surface area contributed by atoms with Crippen molar-refractivity contribution < 1.29 is 14.6 Å². The number of ether oxygens (including phenoxy) is 2. The molecule has 0 aliphatic carbocycles. The van der Waals surface area contributed by atoms with Gasteiger partial charge in [-0.1, -0.05) is 6.07 Å². The number of methoxy groups -OCH3 is 1. The van der Waals surface area contributed by atoms with Crippen LogP contribution in [0.2, 0.25) is 0 Å². The number of rotatable bonds is 3. The molecule has 1 aromatic rings. The lowest BCUT2D eigenvalue weighted by Gasteiger charge is -2.09. The second kappa shape index (κ2) is 3.85. The molecule has 0 atom stereocenters. The molecule has 1 N–H and O–H groups in total. The standard InChI is InChI=1S/C9H12O3/c1-3-12-8-6-4-5-7(10)9(8)11-2/h4-6,10H,3H2,1-2H3. The van der Waals surface area contributed by atoms with E-state index in [4.69, 9.17) is 9.47 Å². The van der Waals surface area contributed by atoms with Crippen molar-refractivity contribution in [1.29, 1.82) is 0 Å². The van der Waals surface area contributed by atoms with Crippen molar-refractivity contribution in [1.82, 2.24) is 0 Å². The topological polar surface area (TPSA) is 38.7 Å². The maximum absolute atomic E-state index is 9.31. The first-order valence-corrected chi connectivity index (χ1v) is 3.78. The van der Waals surface area contributed by atoms with Gasteiger partial charge in [-0.25, -0.2) is 0 Å². The maximum Gasteiger partial charge on any atom is 0.203 e. The lowest BCUT2D eigenvalue weighted by atomic mass is 10.3. The summed E-state index contributed by atoms with van der Waals surface area (Å²) in [6.45, 7) is 2.43. The highest BCUT2D eigenvalue weighted by molar-refractivity contribution is 5.50. The number of benzene rings is 1. The van der Waals surface area contributed by atoms with Crippen molar-refractivity contribution in [3.05, 3.63) is 18.2 Å². The smallest absolute Gasteiger partial charge is 0.203 e. The molecular formula is C9H12O3. The van der Waals surface area contributed by atoms with Gasteiger partial charge in [0.25, 0.3) is 0 Å². The summed E-state index contributed by atoms with van der Waals surface area (Å²) in [4.78, 5) is 0. The van der Waals surface area contributed by atoms with Gasteiger partial charge in [0.1, 0.15) is 0 Å². The fraction of sp³-hybridized carbons (Fsp3) is 0.333. The third-order valence-electron chi connectivity index (χ3n) is 1.46. The van der Waals surface area contributed by atoms with Gasteiger partial charge >= 0.3 is 0 Å². The highest BCUT2D eigenvalue weighted by Crippen LogP contribution is 2.35. The van der Waals surface area contributed by atoms with Crippen LogP contribution in [0.5, 0.6) is 17.2 Å². The summed E-state index contributed by atoms with van der Waals surface area (Å²) in [6.07, 6.45) is 0. The maximum atomic E-state index is 9.31. The average Bonchev–Trinajstić information content (AvgIpc) is 2.05. The van der Waals surface area contributed by atoms with Crippen molar-refractivity contribution in [3.63, 3.8) is 0 Å². The Morgan fingerprint density at radius 3 is 2.75 bits per heavy atom. The van der Waals surface area contributed by atoms with Crippen LogP contribution in [-0.4, -0.2) is 18.8 Å². The highest BCUT2D eigenvalue weighted by atomic mass is 16.5. The molecule has 0 radical (unpaired) electrons. The summed E-state index contributed by atoms with van der Waals surface area (Å²) in [5.41, 5.74) is 0. The molecule has 0 spiro atoms. The van der Waals surface area contributed by atoms with Gasteiger partial charge in [0.2, 0.25) is 5.75 Å². The van der Waals surface area contributed by atoms with E-state index in [9.17, 15) is 5.11 Å². The first-order valence-electron chi connectivity index (χ1n) is 3.78. The Bertz CT molecular complexity index is 258. The van der Waals surface area contributed by atoms with Crippen LogP contribution in [0.4, 0.5) is 0 Å². The Kier molecular flexibility index (Phi) is 2.80. The molecular weight excluding hydrogens is 156 g/mol. The highest BCUT2D eigenvalue weighted by Gasteiger charge is 2.07. The molecule has 0 saturated heterocycles. The molecule has 3 nitrogen and oxygen atoms in total. The molecule has 0 fully saturated rings. The lowest BCUT2D eigenvalue weighted by Crippen LogP contribution is -1.94. The molecule has 3 heteroatoms. The van der Waals surface area contributed by atoms with Crippen molar-refractivity contribution in [3.8, 4) is 17.2 Å². The molecule has 0 heterocycles. The van der Waals surface area contributed by atoms with E-state index in [0.29, 0.717) is 18.1 Å². The van der Waals surface area contributed by atoms with E-state index in [-0.39, 0.29) is 5.75 Å². The second-order valence-electron chi connectivity index (χ2n) is 2.24. The van der Waals surface area contributed by atoms with Gasteiger partial charge in [-0.2, -0.15) is 0 Å². The number of hydrogen-bond acceptors (Lipinski definition) is 3. The first-order chi connectivity index (χ1) is 5.79. The Hall–Kier alpha value is -1.38. The van der Waals surface area contributed by atoms with Gasteiger partial charge < -0.3 is 14.6 Å². The average molecular weight is 168 g/mol. The molecule has 0 amide bonds. The summed E-state index contributed by atoms with van der Waals surface area (Å²) < 4.78 is 10.2. The van der Waals surface area contributed by atoms with Crippen molar-refractivity contribution in [2.75, 3.05) is 13.7 Å². The minimum absolute atomic E-state index is 0.100. The summed E-state index contributed by atoms with van der Waals surface area (Å²) in [5, 5.41) is 9.31. The summed E-state index contributed by atoms with van der Waals surface area (Å²) in [5.74, 6) is 1.06. The van der Waals surface area contributed by atoms with Crippen LogP contribution in [0.25, 0.3) is 0 Å². The van der Waals surface area contributed by atoms with Crippen LogP contribution in [0.1, 0.15) is 6.92 Å². The minimum Gasteiger partial charge on any atom is -0.504 e. The zero-order valence-electron chi connectivity index (χ0n) is 7.20. The molecule has 66 valence electrons. The molecule has 0 bridgehead atoms. The summed E-state index contributed by atoms with van der Waals surface area (Å²) in [7, 11) is 1.50. The molecule has 0 unspecified atom stereocenters. The van der Waals surface area contributed by atoms with Crippen LogP contribution in [0, 0.1) is 0 Å². The molecule has 1 rings (SSSR count). The molecule has 0 aromatic heterocycles. The predicted molar refractivity (Wildman–Crippen MR) is 45.8 cm³/mol. The molecule has 0 saturated carbocycles. The lowest BCUT2D eigenvalue weighted by molar-refractivity contribution is 0.300. The van der Waals surface area contributed by atoms with E-state index in [1.807, 2.05) is 6.92 Å². The normalized spacial score (nSPS) is 9.50. The number of para-hydroxylation sites is 1. The van der Waals surface area contributed by atoms with Crippen LogP contribution < -0.4 is 9.47 Å². The van der Waals surface area contributed by atoms with Crippen LogP contribution >= 0.6 is 0 Å². The molecule has 12 heavy (non-hydrogen) atoms. The third kappa shape index (κ3) is 1.61. The third-order valence-corrected chi connectivity index (χ3v) is 1.46. The zero-order chi connectivity index (χ0) is 8.97. The summed E-state index contributed by atoms with van der Waals surface area (Å²) in [6, 6.07) is 5.02. The van der Waals surface area contributed by atoms with Gasteiger partial charge in [0.05, 0.1) is 13.7 Å². The Labute approximate surface area is 71.5 Å².